The number of Topliss-reactive ketones (excluding diaryl/α,β-unsaturated/α-hetero) is 1. The highest BCUT2D eigenvalue weighted by Gasteiger charge is 2.79. The molecule has 4 heteroatoms. The molecule has 0 aromatic carbocycles. The van der Waals surface area contributed by atoms with Crippen molar-refractivity contribution in [1.82, 2.24) is 0 Å². The third-order valence-electron chi connectivity index (χ3n) is 9.84. The lowest BCUT2D eigenvalue weighted by atomic mass is 9.48. The first kappa shape index (κ1) is 18.5. The number of ketones is 1. The highest BCUT2D eigenvalue weighted by atomic mass is 16.8. The number of ether oxygens (including phenoxy) is 2. The van der Waals surface area contributed by atoms with E-state index in [-0.39, 0.29) is 28.3 Å². The summed E-state index contributed by atoms with van der Waals surface area (Å²) in [6, 6.07) is 0. The fraction of sp³-hybridized carbons (Fsp3) is 0.760. The van der Waals surface area contributed by atoms with Gasteiger partial charge in [-0.15, -0.1) is 0 Å². The first-order chi connectivity index (χ1) is 13.7. The fourth-order valence-corrected chi connectivity index (χ4v) is 8.32. The molecule has 0 aromatic rings. The van der Waals surface area contributed by atoms with Gasteiger partial charge in [0.15, 0.2) is 5.79 Å². The summed E-state index contributed by atoms with van der Waals surface area (Å²) in [5.41, 5.74) is 2.13. The van der Waals surface area contributed by atoms with E-state index in [1.165, 1.54) is 12.0 Å². The van der Waals surface area contributed by atoms with Crippen LogP contribution in [-0.4, -0.2) is 30.1 Å². The van der Waals surface area contributed by atoms with Gasteiger partial charge in [0.05, 0.1) is 6.61 Å². The second-order valence-electron chi connectivity index (χ2n) is 11.5. The van der Waals surface area contributed by atoms with Crippen molar-refractivity contribution < 1.29 is 19.1 Å². The minimum absolute atomic E-state index is 0.0128. The lowest BCUT2D eigenvalue weighted by Crippen LogP contribution is -2.56. The number of hydrogen-bond donors (Lipinski definition) is 0. The van der Waals surface area contributed by atoms with Crippen LogP contribution in [0.25, 0.3) is 0 Å². The summed E-state index contributed by atoms with van der Waals surface area (Å²) in [6.07, 6.45) is 10.0. The Morgan fingerprint density at radius 1 is 1.21 bits per heavy atom. The van der Waals surface area contributed by atoms with Crippen LogP contribution >= 0.6 is 0 Å². The van der Waals surface area contributed by atoms with Crippen molar-refractivity contribution >= 4 is 12.1 Å². The van der Waals surface area contributed by atoms with Crippen LogP contribution in [0.4, 0.5) is 0 Å². The first-order valence-corrected chi connectivity index (χ1v) is 11.4. The van der Waals surface area contributed by atoms with E-state index in [0.29, 0.717) is 43.0 Å². The van der Waals surface area contributed by atoms with Crippen LogP contribution in [0.1, 0.15) is 59.8 Å². The summed E-state index contributed by atoms with van der Waals surface area (Å²) in [7, 11) is 0. The predicted molar refractivity (Wildman–Crippen MR) is 108 cm³/mol. The lowest BCUT2D eigenvalue weighted by Gasteiger charge is -2.57. The van der Waals surface area contributed by atoms with Crippen molar-refractivity contribution in [3.63, 3.8) is 0 Å². The molecule has 1 saturated heterocycles. The number of carbonyl (C=O) groups is 2. The van der Waals surface area contributed by atoms with Crippen molar-refractivity contribution in [1.29, 1.82) is 0 Å². The molecule has 156 valence electrons. The molecule has 5 aliphatic carbocycles. The van der Waals surface area contributed by atoms with Crippen molar-refractivity contribution in [3.8, 4) is 0 Å². The van der Waals surface area contributed by atoms with Crippen LogP contribution in [0, 0.1) is 40.4 Å². The van der Waals surface area contributed by atoms with Crippen molar-refractivity contribution in [2.75, 3.05) is 6.61 Å². The maximum Gasteiger partial charge on any atom is 0.163 e. The maximum absolute atomic E-state index is 12.3. The smallest absolute Gasteiger partial charge is 0.163 e. The Balaban J connectivity index is 1.48. The molecule has 4 nitrogen and oxygen atoms in total. The summed E-state index contributed by atoms with van der Waals surface area (Å²) >= 11 is 0. The Bertz CT molecular complexity index is 883. The second-order valence-corrected chi connectivity index (χ2v) is 11.5. The highest BCUT2D eigenvalue weighted by Crippen LogP contribution is 2.78. The average Bonchev–Trinajstić information content (AvgIpc) is 3.33. The SMILES string of the molecule is CC1(C)OC[C@]2(O1)[C@H]1C[C@H]1C1C3C(C=O)=CC4CC(=O)CC[C@]4(C)C3=CC[C@@]12C. The second kappa shape index (κ2) is 5.31. The third-order valence-corrected chi connectivity index (χ3v) is 9.84. The van der Waals surface area contributed by atoms with E-state index in [9.17, 15) is 9.59 Å². The molecule has 0 radical (unpaired) electrons. The van der Waals surface area contributed by atoms with Crippen LogP contribution in [-0.2, 0) is 19.1 Å². The Morgan fingerprint density at radius 3 is 2.69 bits per heavy atom. The average molecular weight is 397 g/mol. The maximum atomic E-state index is 12.3. The molecule has 0 N–H and O–H groups in total. The van der Waals surface area contributed by atoms with Crippen LogP contribution in [0.3, 0.4) is 0 Å². The van der Waals surface area contributed by atoms with Gasteiger partial charge in [0.2, 0.25) is 0 Å². The molecule has 3 unspecified atom stereocenters. The Hall–Kier alpha value is -1.26. The molecule has 4 fully saturated rings. The van der Waals surface area contributed by atoms with Crippen LogP contribution in [0.2, 0.25) is 0 Å². The molecule has 0 amide bonds. The van der Waals surface area contributed by atoms with Crippen molar-refractivity contribution in [2.45, 2.75) is 71.2 Å². The summed E-state index contributed by atoms with van der Waals surface area (Å²) in [4.78, 5) is 24.4. The largest absolute Gasteiger partial charge is 0.347 e. The zero-order valence-electron chi connectivity index (χ0n) is 18.0. The summed E-state index contributed by atoms with van der Waals surface area (Å²) in [5, 5.41) is 0. The Labute approximate surface area is 173 Å². The van der Waals surface area contributed by atoms with E-state index in [4.69, 9.17) is 9.47 Å². The zero-order chi connectivity index (χ0) is 20.4. The molecule has 8 atom stereocenters. The van der Waals surface area contributed by atoms with Gasteiger partial charge in [-0.25, -0.2) is 0 Å². The highest BCUT2D eigenvalue weighted by molar-refractivity contribution is 5.82. The minimum atomic E-state index is -0.536. The fourth-order valence-electron chi connectivity index (χ4n) is 8.32. The van der Waals surface area contributed by atoms with E-state index >= 15 is 0 Å². The lowest BCUT2D eigenvalue weighted by molar-refractivity contribution is -0.196. The standard InChI is InChI=1S/C25H32O4/c1-22(2)28-13-25(29-22)19-11-17(19)21-20-14(12-26)9-15-10-16(27)5-7-23(15,3)18(20)6-8-24(21,25)4/h6,9,12,15,17,19-21H,5,7-8,10-11,13H2,1-4H3/t15?,17-,19+,20?,21?,23+,24+,25+/m1/s1. The van der Waals surface area contributed by atoms with E-state index in [0.717, 1.165) is 24.7 Å². The minimum Gasteiger partial charge on any atom is -0.347 e. The Kier molecular flexibility index (Phi) is 3.39. The number of carbonyl (C=O) groups excluding carboxylic acids is 2. The van der Waals surface area contributed by atoms with Crippen molar-refractivity contribution in [2.24, 2.45) is 40.4 Å². The van der Waals surface area contributed by atoms with Gasteiger partial charge in [-0.05, 0) is 67.8 Å². The van der Waals surface area contributed by atoms with E-state index in [1.807, 2.05) is 13.8 Å². The number of hydrogen-bond acceptors (Lipinski definition) is 4. The number of fused-ring (bicyclic) bond motifs is 9. The van der Waals surface area contributed by atoms with Gasteiger partial charge in [-0.2, -0.15) is 0 Å². The number of allylic oxidation sites excluding steroid dienone is 4. The van der Waals surface area contributed by atoms with Gasteiger partial charge < -0.3 is 9.47 Å². The van der Waals surface area contributed by atoms with Crippen LogP contribution in [0.15, 0.2) is 23.3 Å². The molecule has 6 rings (SSSR count). The van der Waals surface area contributed by atoms with E-state index < -0.39 is 5.79 Å². The molecule has 3 saturated carbocycles. The van der Waals surface area contributed by atoms with Crippen LogP contribution in [0.5, 0.6) is 0 Å². The van der Waals surface area contributed by atoms with Gasteiger partial charge in [0.25, 0.3) is 0 Å². The van der Waals surface area contributed by atoms with Gasteiger partial charge in [-0.1, -0.05) is 31.6 Å². The molecular formula is C25H32O4. The predicted octanol–water partition coefficient (Wildman–Crippen LogP) is 4.24. The van der Waals surface area contributed by atoms with Gasteiger partial charge in [0, 0.05) is 24.2 Å². The molecular weight excluding hydrogens is 364 g/mol. The monoisotopic (exact) mass is 396 g/mol. The third kappa shape index (κ3) is 2.08. The van der Waals surface area contributed by atoms with Crippen molar-refractivity contribution in [3.05, 3.63) is 23.3 Å². The normalized spacial score (nSPS) is 54.1. The summed E-state index contributed by atoms with van der Waals surface area (Å²) < 4.78 is 12.8. The van der Waals surface area contributed by atoms with Gasteiger partial charge >= 0.3 is 0 Å². The molecule has 29 heavy (non-hydrogen) atoms. The molecule has 1 spiro atoms. The van der Waals surface area contributed by atoms with Gasteiger partial charge in [0.1, 0.15) is 17.7 Å². The van der Waals surface area contributed by atoms with E-state index in [1.54, 1.807) is 0 Å². The molecule has 6 aliphatic rings. The van der Waals surface area contributed by atoms with Gasteiger partial charge in [-0.3, -0.25) is 9.59 Å². The first-order valence-electron chi connectivity index (χ1n) is 11.4. The zero-order valence-corrected chi connectivity index (χ0v) is 18.0. The molecule has 0 aromatic heterocycles. The van der Waals surface area contributed by atoms with Crippen LogP contribution < -0.4 is 0 Å². The topological polar surface area (TPSA) is 52.6 Å². The summed E-state index contributed by atoms with van der Waals surface area (Å²) in [5.74, 6) is 1.74. The quantitative estimate of drug-likeness (QED) is 0.491. The number of rotatable bonds is 1. The Morgan fingerprint density at radius 2 is 2.00 bits per heavy atom. The van der Waals surface area contributed by atoms with E-state index in [2.05, 4.69) is 26.0 Å². The number of aldehydes is 1. The molecule has 1 heterocycles. The molecule has 0 bridgehead atoms. The molecule has 1 aliphatic heterocycles. The summed E-state index contributed by atoms with van der Waals surface area (Å²) in [6.45, 7) is 9.46.